The molecule has 0 amide bonds. The van der Waals surface area contributed by atoms with E-state index in [1.165, 1.54) is 0 Å². The van der Waals surface area contributed by atoms with Gasteiger partial charge in [0.25, 0.3) is 0 Å². The van der Waals surface area contributed by atoms with Gasteiger partial charge in [-0.25, -0.2) is 4.98 Å². The van der Waals surface area contributed by atoms with Gasteiger partial charge in [0.1, 0.15) is 0 Å². The summed E-state index contributed by atoms with van der Waals surface area (Å²) in [6, 6.07) is 1.72. The number of pyridine rings is 1. The van der Waals surface area contributed by atoms with Crippen LogP contribution in [-0.2, 0) is 0 Å². The minimum absolute atomic E-state index is 0.569. The minimum Gasteiger partial charge on any atom is -0.396 e. The molecule has 0 spiro atoms. The second-order valence-corrected chi connectivity index (χ2v) is 3.88. The van der Waals surface area contributed by atoms with Crippen molar-refractivity contribution in [2.24, 2.45) is 0 Å². The first-order valence-electron chi connectivity index (χ1n) is 4.92. The molecule has 0 aliphatic rings. The van der Waals surface area contributed by atoms with Crippen LogP contribution in [0.4, 0.5) is 11.5 Å². The molecule has 3 N–H and O–H groups in total. The van der Waals surface area contributed by atoms with E-state index in [1.54, 1.807) is 12.3 Å². The fourth-order valence-electron chi connectivity index (χ4n) is 1.37. The van der Waals surface area contributed by atoms with Crippen molar-refractivity contribution < 1.29 is 0 Å². The summed E-state index contributed by atoms with van der Waals surface area (Å²) in [5.41, 5.74) is 6.44. The van der Waals surface area contributed by atoms with Crippen LogP contribution in [0.2, 0.25) is 5.02 Å². The molecule has 0 bridgehead atoms. The molecule has 1 rings (SSSR count). The van der Waals surface area contributed by atoms with Crippen molar-refractivity contribution in [1.29, 1.82) is 0 Å². The topological polar surface area (TPSA) is 54.2 Å². The van der Waals surface area contributed by atoms with Crippen LogP contribution in [0.5, 0.6) is 0 Å². The number of anilines is 2. The van der Waals surface area contributed by atoms with Gasteiger partial charge in [-0.15, -0.1) is 0 Å². The van der Waals surface area contributed by atoms with Gasteiger partial charge in [0.2, 0.25) is 0 Å². The number of hydrogen-bond donors (Lipinski definition) is 2. The summed E-state index contributed by atoms with van der Waals surface area (Å²) < 4.78 is 0. The Morgan fingerprint density at radius 3 is 2.93 bits per heavy atom. The van der Waals surface area contributed by atoms with Gasteiger partial charge in [-0.2, -0.15) is 0 Å². The summed E-state index contributed by atoms with van der Waals surface area (Å²) in [5.74, 6) is 0.788. The molecule has 0 saturated heterocycles. The first kappa shape index (κ1) is 12.1. The average Bonchev–Trinajstić information content (AvgIpc) is 2.17. The molecule has 15 heavy (non-hydrogen) atoms. The fraction of sp³-hybridized carbons (Fsp3) is 0.500. The molecular weight excluding hydrogens is 212 g/mol. The smallest absolute Gasteiger partial charge is 0.151 e. The lowest BCUT2D eigenvalue weighted by molar-refractivity contribution is 0.709. The summed E-state index contributed by atoms with van der Waals surface area (Å²) in [6.07, 6.45) is 2.67. The molecule has 1 aromatic rings. The highest BCUT2D eigenvalue weighted by molar-refractivity contribution is 6.30. The molecule has 0 unspecified atom stereocenters. The minimum atomic E-state index is 0.569. The van der Waals surface area contributed by atoms with Crippen molar-refractivity contribution >= 4 is 23.1 Å². The molecular formula is C10H17ClN4. The van der Waals surface area contributed by atoms with Crippen molar-refractivity contribution in [2.75, 3.05) is 37.8 Å². The molecule has 1 aromatic heterocycles. The van der Waals surface area contributed by atoms with E-state index in [2.05, 4.69) is 10.3 Å². The maximum absolute atomic E-state index is 5.82. The van der Waals surface area contributed by atoms with E-state index in [9.17, 15) is 0 Å². The predicted molar refractivity (Wildman–Crippen MR) is 65.5 cm³/mol. The van der Waals surface area contributed by atoms with Crippen LogP contribution in [0.3, 0.4) is 0 Å². The third kappa shape index (κ3) is 3.57. The fourth-order valence-corrected chi connectivity index (χ4v) is 1.53. The predicted octanol–water partition coefficient (Wildman–Crippen LogP) is 1.36. The highest BCUT2D eigenvalue weighted by Crippen LogP contribution is 2.22. The van der Waals surface area contributed by atoms with Crippen molar-refractivity contribution in [3.05, 3.63) is 17.3 Å². The highest BCUT2D eigenvalue weighted by Gasteiger charge is 2.06. The van der Waals surface area contributed by atoms with Crippen LogP contribution in [0.25, 0.3) is 0 Å². The van der Waals surface area contributed by atoms with E-state index in [-0.39, 0.29) is 0 Å². The molecule has 0 saturated carbocycles. The highest BCUT2D eigenvalue weighted by atomic mass is 35.5. The van der Waals surface area contributed by atoms with Crippen molar-refractivity contribution in [3.8, 4) is 0 Å². The largest absolute Gasteiger partial charge is 0.396 e. The lowest BCUT2D eigenvalue weighted by Gasteiger charge is -2.19. The lowest BCUT2D eigenvalue weighted by Crippen LogP contribution is -2.23. The summed E-state index contributed by atoms with van der Waals surface area (Å²) in [5, 5.41) is 3.67. The Bertz CT molecular complexity index is 316. The lowest BCUT2D eigenvalue weighted by atomic mass is 10.3. The second kappa shape index (κ2) is 5.78. The van der Waals surface area contributed by atoms with Gasteiger partial charge >= 0.3 is 0 Å². The molecule has 1 heterocycles. The molecule has 5 heteroatoms. The Morgan fingerprint density at radius 1 is 1.60 bits per heavy atom. The summed E-state index contributed by atoms with van der Waals surface area (Å²) in [4.78, 5) is 6.24. The van der Waals surface area contributed by atoms with E-state index in [4.69, 9.17) is 17.3 Å². The zero-order valence-corrected chi connectivity index (χ0v) is 9.88. The second-order valence-electron chi connectivity index (χ2n) is 3.45. The standard InChI is InChI=1S/C10H17ClN4/c1-13-4-3-5-15(2)10-9(12)6-8(11)7-14-10/h6-7,13H,3-5,12H2,1-2H3. The molecule has 84 valence electrons. The van der Waals surface area contributed by atoms with E-state index in [0.717, 1.165) is 25.3 Å². The summed E-state index contributed by atoms with van der Waals surface area (Å²) in [6.45, 7) is 1.90. The molecule has 0 aliphatic heterocycles. The number of halogens is 1. The van der Waals surface area contributed by atoms with Crippen LogP contribution in [-0.4, -0.2) is 32.2 Å². The molecule has 0 aliphatic carbocycles. The zero-order valence-electron chi connectivity index (χ0n) is 9.13. The Hall–Kier alpha value is -1.00. The van der Waals surface area contributed by atoms with E-state index >= 15 is 0 Å². The van der Waals surface area contributed by atoms with Crippen LogP contribution in [0.1, 0.15) is 6.42 Å². The van der Waals surface area contributed by atoms with E-state index < -0.39 is 0 Å². The third-order valence-electron chi connectivity index (χ3n) is 2.14. The van der Waals surface area contributed by atoms with E-state index in [1.807, 2.05) is 19.0 Å². The Morgan fingerprint density at radius 2 is 2.33 bits per heavy atom. The van der Waals surface area contributed by atoms with Crippen LogP contribution < -0.4 is 16.0 Å². The van der Waals surface area contributed by atoms with Crippen LogP contribution >= 0.6 is 11.6 Å². The number of nitrogens with one attached hydrogen (secondary N) is 1. The molecule has 0 atom stereocenters. The van der Waals surface area contributed by atoms with Crippen molar-refractivity contribution in [1.82, 2.24) is 10.3 Å². The first-order chi connectivity index (χ1) is 7.15. The SMILES string of the molecule is CNCCCN(C)c1ncc(Cl)cc1N. The summed E-state index contributed by atoms with van der Waals surface area (Å²) in [7, 11) is 3.91. The Balaban J connectivity index is 2.61. The zero-order chi connectivity index (χ0) is 11.3. The van der Waals surface area contributed by atoms with Gasteiger partial charge < -0.3 is 16.0 Å². The number of aromatic nitrogens is 1. The Kier molecular flexibility index (Phi) is 4.65. The molecule has 0 aromatic carbocycles. The van der Waals surface area contributed by atoms with Crippen LogP contribution in [0.15, 0.2) is 12.3 Å². The number of nitrogen functional groups attached to an aromatic ring is 1. The van der Waals surface area contributed by atoms with Gasteiger partial charge in [0.05, 0.1) is 10.7 Å². The number of hydrogen-bond acceptors (Lipinski definition) is 4. The monoisotopic (exact) mass is 228 g/mol. The Labute approximate surface area is 95.4 Å². The van der Waals surface area contributed by atoms with Gasteiger partial charge in [-0.1, -0.05) is 11.6 Å². The van der Waals surface area contributed by atoms with Gasteiger partial charge in [-0.3, -0.25) is 0 Å². The number of nitrogens with two attached hydrogens (primary N) is 1. The molecule has 0 radical (unpaired) electrons. The van der Waals surface area contributed by atoms with Gasteiger partial charge in [-0.05, 0) is 26.1 Å². The van der Waals surface area contributed by atoms with Crippen LogP contribution in [0, 0.1) is 0 Å². The quantitative estimate of drug-likeness (QED) is 0.748. The summed E-state index contributed by atoms with van der Waals surface area (Å²) >= 11 is 5.78. The van der Waals surface area contributed by atoms with E-state index in [0.29, 0.717) is 10.7 Å². The van der Waals surface area contributed by atoms with Gasteiger partial charge in [0, 0.05) is 19.8 Å². The first-order valence-corrected chi connectivity index (χ1v) is 5.29. The average molecular weight is 229 g/mol. The normalized spacial score (nSPS) is 10.3. The number of rotatable bonds is 5. The molecule has 4 nitrogen and oxygen atoms in total. The third-order valence-corrected chi connectivity index (χ3v) is 2.35. The number of nitrogens with zero attached hydrogens (tertiary/aromatic N) is 2. The molecule has 0 fully saturated rings. The maximum Gasteiger partial charge on any atom is 0.151 e. The maximum atomic E-state index is 5.82. The van der Waals surface area contributed by atoms with Crippen molar-refractivity contribution in [2.45, 2.75) is 6.42 Å². The van der Waals surface area contributed by atoms with Gasteiger partial charge in [0.15, 0.2) is 5.82 Å². The van der Waals surface area contributed by atoms with Crippen molar-refractivity contribution in [3.63, 3.8) is 0 Å².